The van der Waals surface area contributed by atoms with E-state index < -0.39 is 81.1 Å². The summed E-state index contributed by atoms with van der Waals surface area (Å²) in [5, 5.41) is 66.5. The molecular formula is C26H37ClIN3O9. The number of carbonyl (C=O) groups is 3. The highest BCUT2D eigenvalue weighted by Gasteiger charge is 2.69. The molecule has 3 aliphatic carbocycles. The summed E-state index contributed by atoms with van der Waals surface area (Å²) in [7, 11) is 2.85. The molecule has 0 radical (unpaired) electrons. The number of nitrogens with two attached hydrogens (primary N) is 2. The number of nitrogens with zero attached hydrogens (tertiary/aromatic N) is 1. The van der Waals surface area contributed by atoms with E-state index >= 15 is 0 Å². The average Bonchev–Trinajstić information content (AvgIpc) is 2.82. The van der Waals surface area contributed by atoms with Gasteiger partial charge in [0.05, 0.1) is 40.7 Å². The lowest BCUT2D eigenvalue weighted by molar-refractivity contribution is -0.173. The Kier molecular flexibility index (Phi) is 11.4. The van der Waals surface area contributed by atoms with E-state index in [1.54, 1.807) is 0 Å². The van der Waals surface area contributed by atoms with E-state index in [4.69, 9.17) is 11.5 Å². The average molecular weight is 698 g/mol. The van der Waals surface area contributed by atoms with Crippen LogP contribution in [-0.2, 0) is 15.2 Å². The van der Waals surface area contributed by atoms with Crippen LogP contribution < -0.4 is 11.5 Å². The summed E-state index contributed by atoms with van der Waals surface area (Å²) < 4.78 is 0. The van der Waals surface area contributed by atoms with Crippen molar-refractivity contribution in [1.29, 1.82) is 0 Å². The van der Waals surface area contributed by atoms with Gasteiger partial charge in [-0.2, -0.15) is 0 Å². The molecule has 0 heterocycles. The second-order valence-corrected chi connectivity index (χ2v) is 10.2. The topological polar surface area (TPSA) is 228 Å². The van der Waals surface area contributed by atoms with Gasteiger partial charge in [-0.1, -0.05) is 25.5 Å². The first kappa shape index (κ1) is 35.8. The molecule has 0 aromatic heterocycles. The van der Waals surface area contributed by atoms with Crippen molar-refractivity contribution >= 4 is 53.9 Å². The number of benzene rings is 1. The van der Waals surface area contributed by atoms with Crippen LogP contribution in [0, 0.1) is 11.8 Å². The van der Waals surface area contributed by atoms with E-state index in [1.165, 1.54) is 57.0 Å². The van der Waals surface area contributed by atoms with Crippen molar-refractivity contribution in [2.75, 3.05) is 20.6 Å². The molecule has 0 saturated heterocycles. The van der Waals surface area contributed by atoms with Gasteiger partial charge in [0, 0.05) is 0 Å². The van der Waals surface area contributed by atoms with Crippen LogP contribution in [0.4, 0.5) is 0 Å². The zero-order valence-electron chi connectivity index (χ0n) is 22.5. The van der Waals surface area contributed by atoms with Gasteiger partial charge in [0.25, 0.3) is 5.91 Å². The summed E-state index contributed by atoms with van der Waals surface area (Å²) >= 11 is 0. The number of aliphatic hydroxyl groups is 5. The van der Waals surface area contributed by atoms with Crippen LogP contribution in [0.1, 0.15) is 42.6 Å². The van der Waals surface area contributed by atoms with Gasteiger partial charge in [-0.25, -0.2) is 0 Å². The molecule has 10 N–H and O–H groups in total. The largest absolute Gasteiger partial charge is 0.510 e. The predicted octanol–water partition coefficient (Wildman–Crippen LogP) is 0.541. The van der Waals surface area contributed by atoms with Crippen molar-refractivity contribution in [3.05, 3.63) is 52.0 Å². The Morgan fingerprint density at radius 3 is 2.15 bits per heavy atom. The fraction of sp³-hybridized carbons (Fsp3) is 0.500. The van der Waals surface area contributed by atoms with Gasteiger partial charge in [-0.15, -0.1) is 36.4 Å². The van der Waals surface area contributed by atoms with Gasteiger partial charge in [-0.05, 0) is 45.6 Å². The number of likely N-dealkylation sites (N-methyl/N-ethyl adjacent to an activating group) is 1. The standard InChI is InChI=1S/C22H24N2O9.C4H11N.ClH.HI/c1-21(32)7-5-4-6-8(25)9(7)15(26)10-12(21)17(28)13-14(24(2)3)16(27)11(20(23)31)19(30)22(13,33)18(10)29;1-2-3-4-5;;/h4-6,12-14,17,25,27-29,32-33H,1-3H3,(H2,23,31);2-5H2,1H3;2*1H/t12-,13-,14+,17+,21-,22+;;;/m1.../s1. The second kappa shape index (κ2) is 12.7. The molecule has 12 nitrogen and oxygen atoms in total. The smallest absolute Gasteiger partial charge is 0.255 e. The highest BCUT2D eigenvalue weighted by atomic mass is 127. The fourth-order valence-electron chi connectivity index (χ4n) is 5.81. The van der Waals surface area contributed by atoms with Crippen molar-refractivity contribution in [2.24, 2.45) is 23.3 Å². The van der Waals surface area contributed by atoms with Crippen molar-refractivity contribution in [1.82, 2.24) is 4.90 Å². The minimum Gasteiger partial charge on any atom is -0.510 e. The van der Waals surface area contributed by atoms with Gasteiger partial charge in [-0.3, -0.25) is 19.3 Å². The molecule has 1 aromatic carbocycles. The number of phenols is 1. The molecule has 0 bridgehead atoms. The Bertz CT molecular complexity index is 1250. The maximum Gasteiger partial charge on any atom is 0.255 e. The molecule has 14 heteroatoms. The van der Waals surface area contributed by atoms with Crippen LogP contribution in [0.2, 0.25) is 0 Å². The van der Waals surface area contributed by atoms with Crippen LogP contribution >= 0.6 is 36.4 Å². The molecule has 0 aliphatic heterocycles. The molecule has 0 saturated carbocycles. The highest BCUT2D eigenvalue weighted by Crippen LogP contribution is 2.56. The Balaban J connectivity index is 0.00000105. The molecule has 40 heavy (non-hydrogen) atoms. The second-order valence-electron chi connectivity index (χ2n) is 10.2. The number of hydrogen-bond donors (Lipinski definition) is 8. The number of amides is 1. The quantitative estimate of drug-likeness (QED) is 0.160. The van der Waals surface area contributed by atoms with Crippen LogP contribution in [0.15, 0.2) is 40.9 Å². The van der Waals surface area contributed by atoms with Gasteiger partial charge in [0.15, 0.2) is 11.4 Å². The molecule has 224 valence electrons. The zero-order valence-corrected chi connectivity index (χ0v) is 25.6. The first-order valence-electron chi connectivity index (χ1n) is 12.2. The maximum absolute atomic E-state index is 13.3. The third-order valence-electron chi connectivity index (χ3n) is 7.59. The number of hydrogen-bond acceptors (Lipinski definition) is 11. The lowest BCUT2D eigenvalue weighted by atomic mass is 9.54. The first-order chi connectivity index (χ1) is 17.6. The number of aromatic hydroxyl groups is 1. The predicted molar refractivity (Wildman–Crippen MR) is 158 cm³/mol. The van der Waals surface area contributed by atoms with E-state index in [9.17, 15) is 45.0 Å². The van der Waals surface area contributed by atoms with Gasteiger partial charge in [0.2, 0.25) is 5.78 Å². The van der Waals surface area contributed by atoms with Crippen LogP contribution in [0.5, 0.6) is 5.75 Å². The first-order valence-corrected chi connectivity index (χ1v) is 12.2. The third-order valence-corrected chi connectivity index (χ3v) is 7.59. The van der Waals surface area contributed by atoms with Gasteiger partial charge in [0.1, 0.15) is 22.8 Å². The van der Waals surface area contributed by atoms with E-state index in [-0.39, 0.29) is 47.5 Å². The normalized spacial score (nSPS) is 30.7. The number of primary amides is 1. The van der Waals surface area contributed by atoms with Crippen LogP contribution in [0.3, 0.4) is 0 Å². The van der Waals surface area contributed by atoms with Crippen molar-refractivity contribution in [3.63, 3.8) is 0 Å². The Morgan fingerprint density at radius 1 is 1.12 bits per heavy atom. The summed E-state index contributed by atoms with van der Waals surface area (Å²) in [6.07, 6.45) is 0.513. The summed E-state index contributed by atoms with van der Waals surface area (Å²) in [4.78, 5) is 39.8. The highest BCUT2D eigenvalue weighted by molar-refractivity contribution is 14.0. The third kappa shape index (κ3) is 5.12. The molecule has 1 amide bonds. The minimum atomic E-state index is -3.02. The van der Waals surface area contributed by atoms with Crippen molar-refractivity contribution in [2.45, 2.75) is 50.0 Å². The number of halogens is 2. The van der Waals surface area contributed by atoms with Crippen molar-refractivity contribution in [3.8, 4) is 5.75 Å². The van der Waals surface area contributed by atoms with Crippen LogP contribution in [-0.4, -0.2) is 91.4 Å². The lowest BCUT2D eigenvalue weighted by Crippen LogP contribution is -2.70. The van der Waals surface area contributed by atoms with Gasteiger partial charge < -0.3 is 42.1 Å². The Labute approximate surface area is 254 Å². The zero-order chi connectivity index (χ0) is 28.9. The van der Waals surface area contributed by atoms with Crippen molar-refractivity contribution < 1.29 is 45.0 Å². The van der Waals surface area contributed by atoms with E-state index in [1.807, 2.05) is 0 Å². The Morgan fingerprint density at radius 2 is 1.70 bits per heavy atom. The molecule has 3 aliphatic rings. The van der Waals surface area contributed by atoms with E-state index in [2.05, 4.69) is 6.92 Å². The number of phenolic OH excluding ortho intramolecular Hbond substituents is 1. The number of rotatable bonds is 4. The molecule has 0 unspecified atom stereocenters. The lowest BCUT2D eigenvalue weighted by Gasteiger charge is -2.55. The summed E-state index contributed by atoms with van der Waals surface area (Å²) in [6, 6.07) is 2.54. The fourth-order valence-corrected chi connectivity index (χ4v) is 5.81. The molecule has 0 fully saturated rings. The number of fused-ring (bicyclic) bond motifs is 3. The Hall–Kier alpha value is -2.27. The summed E-state index contributed by atoms with van der Waals surface area (Å²) in [5.41, 5.74) is 3.26. The SMILES string of the molecule is CCCCN.CN(C)[C@@H]1C(O)=C(C(N)=O)C(=O)[C@@]2(O)C(O)=C3C(=O)c4c(O)cccc4[C@@](C)(O)[C@H]3[C@H](O)[C@@H]12.Cl.I. The van der Waals surface area contributed by atoms with E-state index in [0.717, 1.165) is 6.54 Å². The molecule has 4 rings (SSSR count). The van der Waals surface area contributed by atoms with Crippen LogP contribution in [0.25, 0.3) is 0 Å². The summed E-state index contributed by atoms with van der Waals surface area (Å²) in [5.74, 6) is -9.66. The van der Waals surface area contributed by atoms with E-state index in [0.29, 0.717) is 0 Å². The number of aliphatic hydroxyl groups excluding tert-OH is 3. The molecule has 6 atom stereocenters. The number of unbranched alkanes of at least 4 members (excludes halogenated alkanes) is 1. The molecule has 1 aromatic rings. The number of carbonyl (C=O) groups excluding carboxylic acids is 3. The molecule has 0 spiro atoms. The number of Topliss-reactive ketones (excluding diaryl/α,β-unsaturated/α-hetero) is 2. The molecular weight excluding hydrogens is 661 g/mol. The van der Waals surface area contributed by atoms with Gasteiger partial charge >= 0.3 is 0 Å². The minimum absolute atomic E-state index is 0. The number of ketones is 2. The monoisotopic (exact) mass is 697 g/mol. The summed E-state index contributed by atoms with van der Waals surface area (Å²) in [6.45, 7) is 4.23. The maximum atomic E-state index is 13.3.